The minimum atomic E-state index is -3.76. The van der Waals surface area contributed by atoms with E-state index in [9.17, 15) is 8.42 Å². The van der Waals surface area contributed by atoms with Crippen molar-refractivity contribution in [3.63, 3.8) is 0 Å². The van der Waals surface area contributed by atoms with E-state index in [2.05, 4.69) is 4.98 Å². The van der Waals surface area contributed by atoms with Crippen molar-refractivity contribution in [1.82, 2.24) is 9.38 Å². The van der Waals surface area contributed by atoms with Gasteiger partial charge in [-0.1, -0.05) is 0 Å². The van der Waals surface area contributed by atoms with Gasteiger partial charge in [0, 0.05) is 16.9 Å². The van der Waals surface area contributed by atoms with Gasteiger partial charge in [0.25, 0.3) is 9.05 Å². The summed E-state index contributed by atoms with van der Waals surface area (Å²) in [6, 6.07) is 3.88. The van der Waals surface area contributed by atoms with Crippen LogP contribution in [0.2, 0.25) is 0 Å². The zero-order valence-electron chi connectivity index (χ0n) is 9.22. The third-order valence-electron chi connectivity index (χ3n) is 3.05. The maximum atomic E-state index is 11.5. The molecule has 4 nitrogen and oxygen atoms in total. The molecule has 2 heterocycles. The van der Waals surface area contributed by atoms with Crippen LogP contribution >= 0.6 is 10.7 Å². The number of hydrogen-bond donors (Lipinski definition) is 0. The second-order valence-corrected chi connectivity index (χ2v) is 6.88. The summed E-state index contributed by atoms with van der Waals surface area (Å²) >= 11 is 0. The molecular formula is C11H11ClN2O2S. The zero-order chi connectivity index (χ0) is 12.2. The molecule has 0 saturated heterocycles. The molecule has 0 aromatic carbocycles. The van der Waals surface area contributed by atoms with Gasteiger partial charge in [-0.3, -0.25) is 4.40 Å². The molecule has 1 saturated carbocycles. The number of rotatable bonds is 2. The van der Waals surface area contributed by atoms with Crippen LogP contribution in [0.3, 0.4) is 0 Å². The molecule has 17 heavy (non-hydrogen) atoms. The first-order valence-corrected chi connectivity index (χ1v) is 7.71. The summed E-state index contributed by atoms with van der Waals surface area (Å²) in [6.07, 6.45) is 4.14. The zero-order valence-corrected chi connectivity index (χ0v) is 10.8. The van der Waals surface area contributed by atoms with E-state index in [1.807, 2.05) is 12.1 Å². The van der Waals surface area contributed by atoms with Crippen LogP contribution < -0.4 is 0 Å². The van der Waals surface area contributed by atoms with Gasteiger partial charge in [0.1, 0.15) is 5.65 Å². The number of hydrogen-bond acceptors (Lipinski definition) is 3. The molecule has 2 aromatic heterocycles. The van der Waals surface area contributed by atoms with Gasteiger partial charge in [-0.25, -0.2) is 13.4 Å². The number of fused-ring (bicyclic) bond motifs is 1. The molecule has 1 aliphatic rings. The first-order valence-electron chi connectivity index (χ1n) is 5.40. The molecule has 2 aromatic rings. The third kappa shape index (κ3) is 1.83. The molecular weight excluding hydrogens is 260 g/mol. The smallest absolute Gasteiger partial charge is 0.279 e. The van der Waals surface area contributed by atoms with Crippen LogP contribution in [0, 0.1) is 6.92 Å². The maximum Gasteiger partial charge on any atom is 0.279 e. The predicted molar refractivity (Wildman–Crippen MR) is 64.9 cm³/mol. The van der Waals surface area contributed by atoms with E-state index >= 15 is 0 Å². The largest absolute Gasteiger partial charge is 0.289 e. The van der Waals surface area contributed by atoms with Crippen molar-refractivity contribution >= 4 is 25.4 Å². The molecule has 0 amide bonds. The molecule has 90 valence electrons. The van der Waals surface area contributed by atoms with Gasteiger partial charge < -0.3 is 0 Å². The number of halogens is 1. The fraction of sp³-hybridized carbons (Fsp3) is 0.364. The Morgan fingerprint density at radius 1 is 1.47 bits per heavy atom. The van der Waals surface area contributed by atoms with Crippen molar-refractivity contribution in [3.8, 4) is 0 Å². The van der Waals surface area contributed by atoms with Gasteiger partial charge in [-0.2, -0.15) is 0 Å². The fourth-order valence-electron chi connectivity index (χ4n) is 2.12. The molecule has 0 N–H and O–H groups in total. The molecule has 1 fully saturated rings. The topological polar surface area (TPSA) is 51.4 Å². The highest BCUT2D eigenvalue weighted by atomic mass is 35.7. The van der Waals surface area contributed by atoms with Crippen molar-refractivity contribution in [2.24, 2.45) is 0 Å². The minimum Gasteiger partial charge on any atom is -0.289 e. The second kappa shape index (κ2) is 3.46. The number of aryl methyl sites for hydroxylation is 1. The van der Waals surface area contributed by atoms with Crippen LogP contribution in [-0.4, -0.2) is 17.8 Å². The highest BCUT2D eigenvalue weighted by Gasteiger charge is 2.25. The van der Waals surface area contributed by atoms with E-state index < -0.39 is 9.05 Å². The molecule has 0 unspecified atom stereocenters. The predicted octanol–water partition coefficient (Wildman–Crippen LogP) is 2.45. The third-order valence-corrected chi connectivity index (χ3v) is 4.44. The number of aromatic nitrogens is 2. The summed E-state index contributed by atoms with van der Waals surface area (Å²) in [6.45, 7) is 1.65. The molecule has 0 radical (unpaired) electrons. The summed E-state index contributed by atoms with van der Waals surface area (Å²) in [5, 5.41) is 0.0662. The van der Waals surface area contributed by atoms with Crippen LogP contribution in [0.4, 0.5) is 0 Å². The van der Waals surface area contributed by atoms with Gasteiger partial charge in [-0.15, -0.1) is 0 Å². The minimum absolute atomic E-state index is 0.0662. The van der Waals surface area contributed by atoms with E-state index in [-0.39, 0.29) is 5.03 Å². The maximum absolute atomic E-state index is 11.5. The Morgan fingerprint density at radius 2 is 2.18 bits per heavy atom. The fourth-order valence-corrected chi connectivity index (χ4v) is 3.47. The van der Waals surface area contributed by atoms with E-state index in [1.165, 1.54) is 22.8 Å². The standard InChI is InChI=1S/C11H11ClN2O2S/c1-7-11(17(12,15)16)14-5-4-9(8-2-3-8)6-10(14)13-7/h4-6,8H,2-3H2,1H3. The van der Waals surface area contributed by atoms with Crippen molar-refractivity contribution in [2.75, 3.05) is 0 Å². The Kier molecular flexibility index (Phi) is 2.25. The average molecular weight is 271 g/mol. The van der Waals surface area contributed by atoms with Crippen molar-refractivity contribution in [2.45, 2.75) is 30.7 Å². The highest BCUT2D eigenvalue weighted by Crippen LogP contribution is 2.40. The number of imidazole rings is 1. The molecule has 0 bridgehead atoms. The number of nitrogens with zero attached hydrogens (tertiary/aromatic N) is 2. The number of pyridine rings is 1. The molecule has 3 rings (SSSR count). The van der Waals surface area contributed by atoms with Gasteiger partial charge >= 0.3 is 0 Å². The monoisotopic (exact) mass is 270 g/mol. The van der Waals surface area contributed by atoms with E-state index in [0.29, 0.717) is 17.3 Å². The normalized spacial score (nSPS) is 16.6. The van der Waals surface area contributed by atoms with Gasteiger partial charge in [0.2, 0.25) is 0 Å². The van der Waals surface area contributed by atoms with Crippen LogP contribution in [0.5, 0.6) is 0 Å². The first kappa shape index (κ1) is 11.0. The highest BCUT2D eigenvalue weighted by molar-refractivity contribution is 8.13. The van der Waals surface area contributed by atoms with E-state index in [1.54, 1.807) is 13.1 Å². The lowest BCUT2D eigenvalue weighted by molar-refractivity contribution is 0.604. The van der Waals surface area contributed by atoms with E-state index in [4.69, 9.17) is 10.7 Å². The summed E-state index contributed by atoms with van der Waals surface area (Å²) in [5.41, 5.74) is 2.31. The van der Waals surface area contributed by atoms with Gasteiger partial charge in [0.05, 0.1) is 5.69 Å². The van der Waals surface area contributed by atoms with Crippen LogP contribution in [-0.2, 0) is 9.05 Å². The van der Waals surface area contributed by atoms with Crippen LogP contribution in [0.15, 0.2) is 23.4 Å². The lowest BCUT2D eigenvalue weighted by Gasteiger charge is -2.01. The molecule has 6 heteroatoms. The van der Waals surface area contributed by atoms with Crippen LogP contribution in [0.25, 0.3) is 5.65 Å². The molecule has 0 spiro atoms. The SMILES string of the molecule is Cc1nc2cc(C3CC3)ccn2c1S(=O)(=O)Cl. The van der Waals surface area contributed by atoms with Crippen LogP contribution in [0.1, 0.15) is 30.0 Å². The Balaban J connectivity index is 2.28. The van der Waals surface area contributed by atoms with Crippen molar-refractivity contribution < 1.29 is 8.42 Å². The average Bonchev–Trinajstić information content (AvgIpc) is 2.98. The lowest BCUT2D eigenvalue weighted by Crippen LogP contribution is -1.99. The molecule has 0 aliphatic heterocycles. The molecule has 0 atom stereocenters. The Morgan fingerprint density at radius 3 is 2.76 bits per heavy atom. The quantitative estimate of drug-likeness (QED) is 0.788. The Labute approximate surface area is 104 Å². The first-order chi connectivity index (χ1) is 7.97. The Bertz CT molecular complexity index is 702. The summed E-state index contributed by atoms with van der Waals surface area (Å²) in [5.74, 6) is 0.619. The van der Waals surface area contributed by atoms with Crippen molar-refractivity contribution in [1.29, 1.82) is 0 Å². The summed E-state index contributed by atoms with van der Waals surface area (Å²) in [4.78, 5) is 4.25. The van der Waals surface area contributed by atoms with Crippen molar-refractivity contribution in [3.05, 3.63) is 29.6 Å². The van der Waals surface area contributed by atoms with Gasteiger partial charge in [-0.05, 0) is 43.4 Å². The van der Waals surface area contributed by atoms with Gasteiger partial charge in [0.15, 0.2) is 5.03 Å². The summed E-state index contributed by atoms with van der Waals surface area (Å²) in [7, 11) is 1.65. The molecule has 1 aliphatic carbocycles. The lowest BCUT2D eigenvalue weighted by atomic mass is 10.2. The Hall–Kier alpha value is -1.07. The van der Waals surface area contributed by atoms with E-state index in [0.717, 1.165) is 0 Å². The summed E-state index contributed by atoms with van der Waals surface area (Å²) < 4.78 is 24.5. The second-order valence-electron chi connectivity index (χ2n) is 4.40.